The monoisotopic (exact) mass is 211 g/mol. The van der Waals surface area contributed by atoms with E-state index in [9.17, 15) is 4.79 Å². The lowest BCUT2D eigenvalue weighted by molar-refractivity contribution is -0.131. The molecule has 0 spiro atoms. The standard InChI is InChI=1S/C11H21N3O/c1-4-13-10(3)9-11(15)14(5-2)8-6-7-12/h10,13H,4-6,8-9H2,1-3H3. The van der Waals surface area contributed by atoms with Gasteiger partial charge >= 0.3 is 0 Å². The van der Waals surface area contributed by atoms with Gasteiger partial charge in [0, 0.05) is 25.6 Å². The number of amides is 1. The topological polar surface area (TPSA) is 56.1 Å². The van der Waals surface area contributed by atoms with Crippen LogP contribution >= 0.6 is 0 Å². The molecule has 0 heterocycles. The van der Waals surface area contributed by atoms with Gasteiger partial charge in [-0.1, -0.05) is 6.92 Å². The van der Waals surface area contributed by atoms with Gasteiger partial charge in [-0.15, -0.1) is 0 Å². The van der Waals surface area contributed by atoms with E-state index in [1.54, 1.807) is 4.90 Å². The number of hydrogen-bond acceptors (Lipinski definition) is 3. The van der Waals surface area contributed by atoms with E-state index >= 15 is 0 Å². The molecule has 0 aliphatic heterocycles. The molecule has 0 rings (SSSR count). The highest BCUT2D eigenvalue weighted by molar-refractivity contribution is 5.76. The van der Waals surface area contributed by atoms with Gasteiger partial charge in [-0.3, -0.25) is 4.79 Å². The fraction of sp³-hybridized carbons (Fsp3) is 0.818. The van der Waals surface area contributed by atoms with Crippen molar-refractivity contribution in [1.29, 1.82) is 5.26 Å². The van der Waals surface area contributed by atoms with Crippen LogP contribution in [-0.2, 0) is 4.79 Å². The minimum Gasteiger partial charge on any atom is -0.342 e. The van der Waals surface area contributed by atoms with Crippen LogP contribution in [-0.4, -0.2) is 36.5 Å². The zero-order valence-electron chi connectivity index (χ0n) is 9.92. The Labute approximate surface area is 92.3 Å². The van der Waals surface area contributed by atoms with E-state index in [0.29, 0.717) is 25.9 Å². The predicted molar refractivity (Wildman–Crippen MR) is 60.2 cm³/mol. The molecule has 0 aromatic heterocycles. The number of nitrogens with one attached hydrogen (secondary N) is 1. The second kappa shape index (κ2) is 8.25. The summed E-state index contributed by atoms with van der Waals surface area (Å²) in [6.07, 6.45) is 0.919. The van der Waals surface area contributed by atoms with Crippen LogP contribution in [0.5, 0.6) is 0 Å². The molecule has 0 bridgehead atoms. The molecule has 0 aromatic carbocycles. The molecule has 1 amide bonds. The molecule has 15 heavy (non-hydrogen) atoms. The molecule has 0 saturated carbocycles. The summed E-state index contributed by atoms with van der Waals surface area (Å²) in [5.41, 5.74) is 0. The van der Waals surface area contributed by atoms with Crippen molar-refractivity contribution >= 4 is 5.91 Å². The maximum absolute atomic E-state index is 11.7. The molecule has 0 fully saturated rings. The number of carbonyl (C=O) groups is 1. The van der Waals surface area contributed by atoms with Gasteiger partial charge in [-0.05, 0) is 20.4 Å². The van der Waals surface area contributed by atoms with Crippen LogP contribution in [0.2, 0.25) is 0 Å². The van der Waals surface area contributed by atoms with Crippen molar-refractivity contribution in [3.05, 3.63) is 0 Å². The Morgan fingerprint density at radius 2 is 2.20 bits per heavy atom. The lowest BCUT2D eigenvalue weighted by Gasteiger charge is -2.21. The largest absolute Gasteiger partial charge is 0.342 e. The number of carbonyl (C=O) groups excluding carboxylic acids is 1. The van der Waals surface area contributed by atoms with E-state index in [1.807, 2.05) is 20.8 Å². The van der Waals surface area contributed by atoms with Gasteiger partial charge in [0.25, 0.3) is 0 Å². The molecule has 1 atom stereocenters. The molecule has 4 nitrogen and oxygen atoms in total. The summed E-state index contributed by atoms with van der Waals surface area (Å²) < 4.78 is 0. The smallest absolute Gasteiger partial charge is 0.224 e. The normalized spacial score (nSPS) is 11.9. The van der Waals surface area contributed by atoms with Crippen molar-refractivity contribution in [3.63, 3.8) is 0 Å². The van der Waals surface area contributed by atoms with Crippen LogP contribution < -0.4 is 5.32 Å². The van der Waals surface area contributed by atoms with E-state index in [1.165, 1.54) is 0 Å². The number of hydrogen-bond donors (Lipinski definition) is 1. The Bertz CT molecular complexity index is 222. The van der Waals surface area contributed by atoms with Gasteiger partial charge in [0.15, 0.2) is 0 Å². The first-order chi connectivity index (χ1) is 7.15. The fourth-order valence-corrected chi connectivity index (χ4v) is 1.46. The molecule has 1 N–H and O–H groups in total. The second-order valence-electron chi connectivity index (χ2n) is 3.54. The van der Waals surface area contributed by atoms with Gasteiger partial charge < -0.3 is 10.2 Å². The fourth-order valence-electron chi connectivity index (χ4n) is 1.46. The number of nitriles is 1. The van der Waals surface area contributed by atoms with Crippen molar-refractivity contribution < 1.29 is 4.79 Å². The third kappa shape index (κ3) is 6.08. The van der Waals surface area contributed by atoms with Gasteiger partial charge in [0.2, 0.25) is 5.91 Å². The van der Waals surface area contributed by atoms with Crippen LogP contribution in [0.15, 0.2) is 0 Å². The van der Waals surface area contributed by atoms with E-state index in [4.69, 9.17) is 5.26 Å². The zero-order chi connectivity index (χ0) is 11.7. The minimum absolute atomic E-state index is 0.126. The maximum atomic E-state index is 11.7. The molecular formula is C11H21N3O. The Morgan fingerprint density at radius 3 is 2.67 bits per heavy atom. The Morgan fingerprint density at radius 1 is 1.53 bits per heavy atom. The highest BCUT2D eigenvalue weighted by atomic mass is 16.2. The minimum atomic E-state index is 0.126. The van der Waals surface area contributed by atoms with E-state index in [-0.39, 0.29) is 11.9 Å². The van der Waals surface area contributed by atoms with Gasteiger partial charge in [0.1, 0.15) is 0 Å². The van der Waals surface area contributed by atoms with Gasteiger partial charge in [-0.25, -0.2) is 0 Å². The maximum Gasteiger partial charge on any atom is 0.224 e. The average molecular weight is 211 g/mol. The summed E-state index contributed by atoms with van der Waals surface area (Å²) >= 11 is 0. The SMILES string of the molecule is CCNC(C)CC(=O)N(CC)CCC#N. The lowest BCUT2D eigenvalue weighted by Crippen LogP contribution is -2.37. The summed E-state index contributed by atoms with van der Waals surface area (Å²) in [5, 5.41) is 11.7. The van der Waals surface area contributed by atoms with E-state index < -0.39 is 0 Å². The summed E-state index contributed by atoms with van der Waals surface area (Å²) in [5.74, 6) is 0.126. The zero-order valence-corrected chi connectivity index (χ0v) is 9.92. The van der Waals surface area contributed by atoms with Crippen LogP contribution in [0, 0.1) is 11.3 Å². The molecule has 86 valence electrons. The third-order valence-corrected chi connectivity index (χ3v) is 2.26. The second-order valence-corrected chi connectivity index (χ2v) is 3.54. The quantitative estimate of drug-likeness (QED) is 0.687. The Hall–Kier alpha value is -1.08. The lowest BCUT2D eigenvalue weighted by atomic mass is 10.2. The molecule has 0 radical (unpaired) electrons. The van der Waals surface area contributed by atoms with Crippen molar-refractivity contribution in [2.45, 2.75) is 39.7 Å². The first-order valence-corrected chi connectivity index (χ1v) is 5.53. The highest BCUT2D eigenvalue weighted by Crippen LogP contribution is 1.99. The molecule has 4 heteroatoms. The molecule has 0 aromatic rings. The van der Waals surface area contributed by atoms with Crippen molar-refractivity contribution in [3.8, 4) is 6.07 Å². The number of nitrogens with zero attached hydrogens (tertiary/aromatic N) is 2. The number of rotatable bonds is 7. The van der Waals surface area contributed by atoms with Crippen molar-refractivity contribution in [1.82, 2.24) is 10.2 Å². The van der Waals surface area contributed by atoms with Crippen LogP contribution in [0.3, 0.4) is 0 Å². The Balaban J connectivity index is 3.98. The van der Waals surface area contributed by atoms with Gasteiger partial charge in [0.05, 0.1) is 12.5 Å². The van der Waals surface area contributed by atoms with Crippen LogP contribution in [0.1, 0.15) is 33.6 Å². The van der Waals surface area contributed by atoms with Crippen LogP contribution in [0.25, 0.3) is 0 Å². The first kappa shape index (κ1) is 13.9. The van der Waals surface area contributed by atoms with Gasteiger partial charge in [-0.2, -0.15) is 5.26 Å². The summed E-state index contributed by atoms with van der Waals surface area (Å²) in [6, 6.07) is 2.26. The average Bonchev–Trinajstić information content (AvgIpc) is 2.19. The molecule has 1 unspecified atom stereocenters. The van der Waals surface area contributed by atoms with Crippen molar-refractivity contribution in [2.24, 2.45) is 0 Å². The molecule has 0 aliphatic rings. The predicted octanol–water partition coefficient (Wildman–Crippen LogP) is 1.14. The first-order valence-electron chi connectivity index (χ1n) is 5.53. The summed E-state index contributed by atoms with van der Waals surface area (Å²) in [6.45, 7) is 8.06. The summed E-state index contributed by atoms with van der Waals surface area (Å²) in [7, 11) is 0. The summed E-state index contributed by atoms with van der Waals surface area (Å²) in [4.78, 5) is 13.5. The van der Waals surface area contributed by atoms with E-state index in [0.717, 1.165) is 6.54 Å². The van der Waals surface area contributed by atoms with Crippen LogP contribution in [0.4, 0.5) is 0 Å². The highest BCUT2D eigenvalue weighted by Gasteiger charge is 2.13. The molecular weight excluding hydrogens is 190 g/mol. The Kier molecular flexibility index (Phi) is 7.65. The van der Waals surface area contributed by atoms with Crippen molar-refractivity contribution in [2.75, 3.05) is 19.6 Å². The third-order valence-electron chi connectivity index (χ3n) is 2.26. The molecule has 0 saturated heterocycles. The molecule has 0 aliphatic carbocycles. The van der Waals surface area contributed by atoms with E-state index in [2.05, 4.69) is 11.4 Å².